The van der Waals surface area contributed by atoms with Gasteiger partial charge in [0.25, 0.3) is 0 Å². The molecule has 1 saturated heterocycles. The molecule has 2 rings (SSSR count). The van der Waals surface area contributed by atoms with Crippen LogP contribution in [0.3, 0.4) is 0 Å². The van der Waals surface area contributed by atoms with Crippen molar-refractivity contribution in [2.45, 2.75) is 12.6 Å². The molecular weight excluding hydrogens is 193 g/mol. The number of rotatable bonds is 1. The highest BCUT2D eigenvalue weighted by molar-refractivity contribution is 6.30. The number of anilines is 1. The van der Waals surface area contributed by atoms with Gasteiger partial charge in [-0.25, -0.2) is 14.4 Å². The Labute approximate surface area is 80.6 Å². The van der Waals surface area contributed by atoms with Crippen molar-refractivity contribution in [3.63, 3.8) is 0 Å². The molecule has 1 aliphatic rings. The fourth-order valence-corrected chi connectivity index (χ4v) is 1.47. The highest BCUT2D eigenvalue weighted by Crippen LogP contribution is 2.18. The molecule has 0 saturated carbocycles. The van der Waals surface area contributed by atoms with Crippen molar-refractivity contribution in [3.8, 4) is 0 Å². The average Bonchev–Trinajstić information content (AvgIpc) is 2.53. The lowest BCUT2D eigenvalue weighted by atomic mass is 10.3. The molecule has 1 atom stereocenters. The lowest BCUT2D eigenvalue weighted by Gasteiger charge is -2.13. The van der Waals surface area contributed by atoms with Gasteiger partial charge in [-0.3, -0.25) is 0 Å². The minimum atomic E-state index is -0.751. The normalized spacial score (nSPS) is 22.3. The summed E-state index contributed by atoms with van der Waals surface area (Å²) in [6, 6.07) is 0. The van der Waals surface area contributed by atoms with Crippen LogP contribution in [0.25, 0.3) is 0 Å². The maximum absolute atomic E-state index is 12.8. The molecule has 3 nitrogen and oxygen atoms in total. The van der Waals surface area contributed by atoms with E-state index in [4.69, 9.17) is 11.6 Å². The molecule has 1 unspecified atom stereocenters. The molecule has 0 aromatic carbocycles. The van der Waals surface area contributed by atoms with Gasteiger partial charge in [0.2, 0.25) is 5.95 Å². The van der Waals surface area contributed by atoms with Crippen LogP contribution in [-0.2, 0) is 0 Å². The minimum absolute atomic E-state index is 0.391. The third kappa shape index (κ3) is 1.88. The molecule has 70 valence electrons. The first kappa shape index (κ1) is 8.69. The molecule has 2 heterocycles. The van der Waals surface area contributed by atoms with Gasteiger partial charge in [0.05, 0.1) is 24.0 Å². The van der Waals surface area contributed by atoms with Gasteiger partial charge in [0.15, 0.2) is 0 Å². The molecule has 1 aromatic rings. The largest absolute Gasteiger partial charge is 0.338 e. The monoisotopic (exact) mass is 201 g/mol. The molecule has 1 aromatic heterocycles. The van der Waals surface area contributed by atoms with Gasteiger partial charge < -0.3 is 4.90 Å². The molecule has 0 N–H and O–H groups in total. The van der Waals surface area contributed by atoms with E-state index in [2.05, 4.69) is 9.97 Å². The molecule has 0 radical (unpaired) electrons. The van der Waals surface area contributed by atoms with Crippen molar-refractivity contribution in [2.24, 2.45) is 0 Å². The van der Waals surface area contributed by atoms with Crippen molar-refractivity contribution in [2.75, 3.05) is 18.0 Å². The molecule has 0 aliphatic carbocycles. The van der Waals surface area contributed by atoms with Crippen molar-refractivity contribution in [1.82, 2.24) is 9.97 Å². The smallest absolute Gasteiger partial charge is 0.225 e. The highest BCUT2D eigenvalue weighted by Gasteiger charge is 2.23. The third-order valence-corrected chi connectivity index (χ3v) is 2.22. The second-order valence-electron chi connectivity index (χ2n) is 3.03. The van der Waals surface area contributed by atoms with E-state index in [1.807, 2.05) is 4.90 Å². The van der Waals surface area contributed by atoms with Crippen molar-refractivity contribution < 1.29 is 4.39 Å². The first-order chi connectivity index (χ1) is 6.25. The summed E-state index contributed by atoms with van der Waals surface area (Å²) in [6.45, 7) is 1.07. The summed E-state index contributed by atoms with van der Waals surface area (Å²) in [7, 11) is 0. The second kappa shape index (κ2) is 3.46. The second-order valence-corrected chi connectivity index (χ2v) is 3.47. The summed E-state index contributed by atoms with van der Waals surface area (Å²) in [4.78, 5) is 9.84. The predicted molar refractivity (Wildman–Crippen MR) is 48.8 cm³/mol. The minimum Gasteiger partial charge on any atom is -0.338 e. The van der Waals surface area contributed by atoms with E-state index in [0.29, 0.717) is 30.5 Å². The SMILES string of the molecule is FC1CCN(c2ncc(Cl)cn2)C1. The zero-order chi connectivity index (χ0) is 9.26. The Bertz CT molecular complexity index is 290. The predicted octanol–water partition coefficient (Wildman–Crippen LogP) is 1.68. The van der Waals surface area contributed by atoms with Gasteiger partial charge in [-0.05, 0) is 6.42 Å². The fraction of sp³-hybridized carbons (Fsp3) is 0.500. The molecular formula is C8H9ClFN3. The number of nitrogens with zero attached hydrogens (tertiary/aromatic N) is 3. The van der Waals surface area contributed by atoms with Crippen LogP contribution >= 0.6 is 11.6 Å². The van der Waals surface area contributed by atoms with Crippen LogP contribution in [-0.4, -0.2) is 29.2 Å². The molecule has 0 bridgehead atoms. The van der Waals surface area contributed by atoms with Crippen molar-refractivity contribution in [1.29, 1.82) is 0 Å². The van der Waals surface area contributed by atoms with Crippen LogP contribution < -0.4 is 4.90 Å². The summed E-state index contributed by atoms with van der Waals surface area (Å²) in [5, 5.41) is 0.500. The van der Waals surface area contributed by atoms with E-state index in [1.165, 1.54) is 12.4 Å². The molecule has 0 amide bonds. The number of hydrogen-bond donors (Lipinski definition) is 0. The van der Waals surface area contributed by atoms with Gasteiger partial charge in [0.1, 0.15) is 6.17 Å². The van der Waals surface area contributed by atoms with Crippen LogP contribution in [0.4, 0.5) is 10.3 Å². The lowest BCUT2D eigenvalue weighted by molar-refractivity contribution is 0.364. The Balaban J connectivity index is 2.13. The summed E-state index contributed by atoms with van der Waals surface area (Å²) < 4.78 is 12.8. The maximum Gasteiger partial charge on any atom is 0.225 e. The quantitative estimate of drug-likeness (QED) is 0.692. The van der Waals surface area contributed by atoms with E-state index in [1.54, 1.807) is 0 Å². The van der Waals surface area contributed by atoms with Crippen LogP contribution in [0, 0.1) is 0 Å². The van der Waals surface area contributed by atoms with E-state index in [0.717, 1.165) is 0 Å². The van der Waals surface area contributed by atoms with Crippen molar-refractivity contribution >= 4 is 17.5 Å². The zero-order valence-corrected chi connectivity index (χ0v) is 7.71. The van der Waals surface area contributed by atoms with Gasteiger partial charge in [-0.15, -0.1) is 0 Å². The number of hydrogen-bond acceptors (Lipinski definition) is 3. The molecule has 1 fully saturated rings. The maximum atomic E-state index is 12.8. The topological polar surface area (TPSA) is 29.0 Å². The number of alkyl halides is 1. The van der Waals surface area contributed by atoms with Crippen molar-refractivity contribution in [3.05, 3.63) is 17.4 Å². The number of aromatic nitrogens is 2. The molecule has 13 heavy (non-hydrogen) atoms. The first-order valence-corrected chi connectivity index (χ1v) is 4.50. The molecule has 5 heteroatoms. The van der Waals surface area contributed by atoms with E-state index >= 15 is 0 Å². The summed E-state index contributed by atoms with van der Waals surface area (Å²) in [6.07, 6.45) is 2.86. The van der Waals surface area contributed by atoms with Crippen LogP contribution in [0.2, 0.25) is 5.02 Å². The van der Waals surface area contributed by atoms with Gasteiger partial charge in [0, 0.05) is 6.54 Å². The third-order valence-electron chi connectivity index (χ3n) is 2.02. The Morgan fingerprint density at radius 1 is 1.46 bits per heavy atom. The lowest BCUT2D eigenvalue weighted by Crippen LogP contribution is -2.22. The summed E-state index contributed by atoms with van der Waals surface area (Å²) in [5.74, 6) is 0.560. The molecule has 1 aliphatic heterocycles. The molecule has 0 spiro atoms. The standard InChI is InChI=1S/C8H9ClFN3/c9-6-3-11-8(12-4-6)13-2-1-7(10)5-13/h3-4,7H,1-2,5H2. The zero-order valence-electron chi connectivity index (χ0n) is 6.95. The van der Waals surface area contributed by atoms with Gasteiger partial charge in [-0.2, -0.15) is 0 Å². The summed E-state index contributed by atoms with van der Waals surface area (Å²) in [5.41, 5.74) is 0. The summed E-state index contributed by atoms with van der Waals surface area (Å²) >= 11 is 5.63. The van der Waals surface area contributed by atoms with Gasteiger partial charge in [-0.1, -0.05) is 11.6 Å². The Hall–Kier alpha value is -0.900. The number of halogens is 2. The van der Waals surface area contributed by atoms with E-state index in [-0.39, 0.29) is 0 Å². The Morgan fingerprint density at radius 2 is 2.15 bits per heavy atom. The highest BCUT2D eigenvalue weighted by atomic mass is 35.5. The van der Waals surface area contributed by atoms with Crippen LogP contribution in [0.5, 0.6) is 0 Å². The fourth-order valence-electron chi connectivity index (χ4n) is 1.37. The first-order valence-electron chi connectivity index (χ1n) is 4.12. The van der Waals surface area contributed by atoms with E-state index in [9.17, 15) is 4.39 Å². The average molecular weight is 202 g/mol. The van der Waals surface area contributed by atoms with E-state index < -0.39 is 6.17 Å². The Kier molecular flexibility index (Phi) is 2.31. The van der Waals surface area contributed by atoms with Gasteiger partial charge >= 0.3 is 0 Å². The van der Waals surface area contributed by atoms with Crippen LogP contribution in [0.15, 0.2) is 12.4 Å². The van der Waals surface area contributed by atoms with Crippen LogP contribution in [0.1, 0.15) is 6.42 Å². The Morgan fingerprint density at radius 3 is 2.69 bits per heavy atom.